The van der Waals surface area contributed by atoms with Crippen molar-refractivity contribution in [1.82, 2.24) is 15.7 Å². The summed E-state index contributed by atoms with van der Waals surface area (Å²) in [4.78, 5) is 12.1. The molecule has 0 radical (unpaired) electrons. The minimum Gasteiger partial charge on any atom is -0.462 e. The van der Waals surface area contributed by atoms with Crippen LogP contribution in [0.3, 0.4) is 0 Å². The molecule has 0 unspecified atom stereocenters. The van der Waals surface area contributed by atoms with Crippen LogP contribution in [0.2, 0.25) is 0 Å². The van der Waals surface area contributed by atoms with E-state index in [1.54, 1.807) is 32.9 Å². The molecule has 0 heterocycles. The van der Waals surface area contributed by atoms with Crippen molar-refractivity contribution in [3.63, 3.8) is 0 Å². The molecule has 0 fully saturated rings. The molecule has 0 aliphatic rings. The lowest BCUT2D eigenvalue weighted by Crippen LogP contribution is -2.35. The molecule has 0 saturated heterocycles. The van der Waals surface area contributed by atoms with Gasteiger partial charge in [-0.1, -0.05) is 18.2 Å². The Balaban J connectivity index is 2.87. The number of nitrogens with one attached hydrogen (secondary N) is 3. The van der Waals surface area contributed by atoms with Gasteiger partial charge in [-0.2, -0.15) is 0 Å². The monoisotopic (exact) mass is 417 g/mol. The first-order chi connectivity index (χ1) is 12.8. The summed E-state index contributed by atoms with van der Waals surface area (Å²) in [6, 6.07) is 8.21. The van der Waals surface area contributed by atoms with E-state index in [4.69, 9.17) is 9.26 Å². The van der Waals surface area contributed by atoms with Gasteiger partial charge in [-0.05, 0) is 77.4 Å². The lowest BCUT2D eigenvalue weighted by Gasteiger charge is -2.25. The zero-order valence-electron chi connectivity index (χ0n) is 16.7. The van der Waals surface area contributed by atoms with Gasteiger partial charge in [0.2, 0.25) is 0 Å². The quantitative estimate of drug-likeness (QED) is 0.334. The second kappa shape index (κ2) is 12.4. The van der Waals surface area contributed by atoms with Crippen LogP contribution in [-0.4, -0.2) is 51.1 Å². The van der Waals surface area contributed by atoms with Crippen LogP contribution in [0.5, 0.6) is 5.75 Å². The Morgan fingerprint density at radius 3 is 2.22 bits per heavy atom. The number of esters is 1. The van der Waals surface area contributed by atoms with Gasteiger partial charge in [0, 0.05) is 5.75 Å². The summed E-state index contributed by atoms with van der Waals surface area (Å²) in [6.07, 6.45) is -0.237. The van der Waals surface area contributed by atoms with Crippen LogP contribution in [0.15, 0.2) is 30.3 Å². The predicted molar refractivity (Wildman–Crippen MR) is 112 cm³/mol. The lowest BCUT2D eigenvalue weighted by molar-refractivity contribution is -0.148. The van der Waals surface area contributed by atoms with Crippen molar-refractivity contribution in [2.45, 2.75) is 32.9 Å². The van der Waals surface area contributed by atoms with Crippen molar-refractivity contribution in [2.75, 3.05) is 32.9 Å². The van der Waals surface area contributed by atoms with Crippen LogP contribution < -0.4 is 20.2 Å². The minimum atomic E-state index is -3.39. The smallest absolute Gasteiger partial charge is 0.375 e. The maximum Gasteiger partial charge on any atom is 0.375 e. The van der Waals surface area contributed by atoms with Crippen LogP contribution >= 0.6 is 18.1 Å². The van der Waals surface area contributed by atoms with E-state index in [0.29, 0.717) is 11.5 Å². The Kier molecular flexibility index (Phi) is 11.0. The highest BCUT2D eigenvalue weighted by atomic mass is 32.7. The van der Waals surface area contributed by atoms with Gasteiger partial charge in [0.05, 0.1) is 6.10 Å². The van der Waals surface area contributed by atoms with Crippen molar-refractivity contribution in [3.8, 4) is 5.75 Å². The highest BCUT2D eigenvalue weighted by Crippen LogP contribution is 2.56. The van der Waals surface area contributed by atoms with Crippen LogP contribution in [-0.2, 0) is 14.1 Å². The van der Waals surface area contributed by atoms with Crippen LogP contribution in [0, 0.1) is 5.92 Å². The minimum absolute atomic E-state index is 0.237. The Morgan fingerprint density at radius 2 is 1.70 bits per heavy atom. The van der Waals surface area contributed by atoms with Crippen LogP contribution in [0.1, 0.15) is 20.8 Å². The molecule has 9 heteroatoms. The van der Waals surface area contributed by atoms with Gasteiger partial charge < -0.3 is 19.9 Å². The standard InChI is InChI=1S/C18H32N3O4PS/c1-14(2)24-18(22)15(3)21-26(23,25-17-9-7-6-8-10-17)27-13-16(11-19-4)12-20-5/h6-10,14-16,19-20H,11-13H2,1-5H3,(H,21,23)/t15-,26+/m0/s1. The number of benzene rings is 1. The SMILES string of the molecule is CNCC(CNC)CS[P@@](=O)(N[C@@H](C)C(=O)OC(C)C)Oc1ccccc1. The summed E-state index contributed by atoms with van der Waals surface area (Å²) in [5.41, 5.74) is 0. The first-order valence-electron chi connectivity index (χ1n) is 9.06. The molecule has 154 valence electrons. The van der Waals surface area contributed by atoms with E-state index < -0.39 is 18.7 Å². The van der Waals surface area contributed by atoms with E-state index in [0.717, 1.165) is 13.1 Å². The van der Waals surface area contributed by atoms with E-state index in [9.17, 15) is 9.36 Å². The fourth-order valence-corrected chi connectivity index (χ4v) is 6.44. The topological polar surface area (TPSA) is 88.7 Å². The molecule has 0 aliphatic carbocycles. The van der Waals surface area contributed by atoms with Crippen molar-refractivity contribution < 1.29 is 18.6 Å². The first-order valence-corrected chi connectivity index (χ1v) is 12.3. The average molecular weight is 418 g/mol. The summed E-state index contributed by atoms with van der Waals surface area (Å²) in [5.74, 6) is 0.899. The average Bonchev–Trinajstić information content (AvgIpc) is 2.60. The molecule has 0 spiro atoms. The van der Waals surface area contributed by atoms with Crippen LogP contribution in [0.4, 0.5) is 0 Å². The molecule has 0 saturated carbocycles. The van der Waals surface area contributed by atoms with Gasteiger partial charge >= 0.3 is 12.7 Å². The molecule has 27 heavy (non-hydrogen) atoms. The van der Waals surface area contributed by atoms with E-state index in [1.807, 2.05) is 32.3 Å². The van der Waals surface area contributed by atoms with Crippen LogP contribution in [0.25, 0.3) is 0 Å². The number of carbonyl (C=O) groups is 1. The summed E-state index contributed by atoms with van der Waals surface area (Å²) in [6.45, 7) is 3.36. The molecule has 0 aliphatic heterocycles. The fraction of sp³-hybridized carbons (Fsp3) is 0.611. The van der Waals surface area contributed by atoms with E-state index in [2.05, 4.69) is 15.7 Å². The third kappa shape index (κ3) is 9.63. The molecule has 1 aromatic carbocycles. The number of ether oxygens (including phenoxy) is 1. The summed E-state index contributed by atoms with van der Waals surface area (Å²) >= 11 is 1.21. The van der Waals surface area contributed by atoms with Crippen molar-refractivity contribution in [1.29, 1.82) is 0 Å². The zero-order chi connectivity index (χ0) is 20.3. The molecule has 0 bridgehead atoms. The second-order valence-corrected chi connectivity index (χ2v) is 10.8. The van der Waals surface area contributed by atoms with E-state index in [1.165, 1.54) is 11.4 Å². The molecule has 7 nitrogen and oxygen atoms in total. The zero-order valence-corrected chi connectivity index (χ0v) is 18.4. The predicted octanol–water partition coefficient (Wildman–Crippen LogP) is 2.89. The normalized spacial score (nSPS) is 14.8. The molecule has 1 aromatic rings. The molecular weight excluding hydrogens is 385 g/mol. The Labute approximate surface area is 166 Å². The summed E-state index contributed by atoms with van der Waals surface area (Å²) in [5, 5.41) is 9.15. The Morgan fingerprint density at radius 1 is 1.11 bits per heavy atom. The Bertz CT molecular complexity index is 598. The van der Waals surface area contributed by atoms with Gasteiger partial charge in [-0.25, -0.2) is 9.65 Å². The first kappa shape index (κ1) is 24.0. The molecule has 0 amide bonds. The van der Waals surface area contributed by atoms with Gasteiger partial charge in [-0.3, -0.25) is 4.79 Å². The summed E-state index contributed by atoms with van der Waals surface area (Å²) in [7, 11) is 3.77. The van der Waals surface area contributed by atoms with E-state index >= 15 is 0 Å². The third-order valence-corrected chi connectivity index (χ3v) is 7.61. The maximum absolute atomic E-state index is 13.5. The van der Waals surface area contributed by atoms with Gasteiger partial charge in [0.1, 0.15) is 11.8 Å². The van der Waals surface area contributed by atoms with Gasteiger partial charge in [-0.15, -0.1) is 0 Å². The van der Waals surface area contributed by atoms with Crippen molar-refractivity contribution in [3.05, 3.63) is 30.3 Å². The molecule has 0 aromatic heterocycles. The molecule has 3 N–H and O–H groups in total. The van der Waals surface area contributed by atoms with E-state index in [-0.39, 0.29) is 12.0 Å². The third-order valence-electron chi connectivity index (χ3n) is 3.49. The second-order valence-electron chi connectivity index (χ2n) is 6.52. The molecule has 2 atom stereocenters. The molecular formula is C18H32N3O4PS. The number of carbonyl (C=O) groups excluding carboxylic acids is 1. The number of rotatable bonds is 13. The summed E-state index contributed by atoms with van der Waals surface area (Å²) < 4.78 is 24.5. The maximum atomic E-state index is 13.5. The Hall–Kier alpha value is -1.05. The fourth-order valence-electron chi connectivity index (χ4n) is 2.31. The van der Waals surface area contributed by atoms with Gasteiger partial charge in [0.25, 0.3) is 0 Å². The van der Waals surface area contributed by atoms with Crippen molar-refractivity contribution >= 4 is 24.1 Å². The number of hydrogen-bond donors (Lipinski definition) is 3. The van der Waals surface area contributed by atoms with Gasteiger partial charge in [0.15, 0.2) is 0 Å². The highest BCUT2D eigenvalue weighted by Gasteiger charge is 2.32. The lowest BCUT2D eigenvalue weighted by atomic mass is 10.2. The largest absolute Gasteiger partial charge is 0.462 e. The van der Waals surface area contributed by atoms with Crippen molar-refractivity contribution in [2.24, 2.45) is 5.92 Å². The highest BCUT2D eigenvalue weighted by molar-refractivity contribution is 8.56. The molecule has 1 rings (SSSR count). The number of para-hydroxylation sites is 1. The number of hydrogen-bond acceptors (Lipinski definition) is 7.